The normalized spacial score (nSPS) is 21.8. The van der Waals surface area contributed by atoms with Crippen LogP contribution in [0.2, 0.25) is 0 Å². The Bertz CT molecular complexity index is 572. The molecule has 0 saturated carbocycles. The molecular formula is C14H14F3N3O. The standard InChI is InChI=1S/C14H14F3N3O/c15-14(16,17)13(4-5-19-9-13)12(21)20-8-11-3-1-2-10(6-11)7-18/h1-3,6,19H,4-5,8-9H2,(H,20,21). The second-order valence-electron chi connectivity index (χ2n) is 5.00. The lowest BCUT2D eigenvalue weighted by atomic mass is 9.85. The van der Waals surface area contributed by atoms with Crippen molar-refractivity contribution in [1.82, 2.24) is 10.6 Å². The maximum Gasteiger partial charge on any atom is 0.404 e. The Morgan fingerprint density at radius 1 is 1.48 bits per heavy atom. The van der Waals surface area contributed by atoms with Gasteiger partial charge in [0.15, 0.2) is 5.41 Å². The lowest BCUT2D eigenvalue weighted by Gasteiger charge is -2.29. The van der Waals surface area contributed by atoms with Gasteiger partial charge in [-0.25, -0.2) is 0 Å². The molecule has 1 atom stereocenters. The smallest absolute Gasteiger partial charge is 0.351 e. The Hall–Kier alpha value is -2.07. The third-order valence-electron chi connectivity index (χ3n) is 3.64. The van der Waals surface area contributed by atoms with Crippen molar-refractivity contribution >= 4 is 5.91 Å². The van der Waals surface area contributed by atoms with E-state index in [9.17, 15) is 18.0 Å². The molecule has 1 heterocycles. The van der Waals surface area contributed by atoms with Crippen molar-refractivity contribution in [3.8, 4) is 6.07 Å². The van der Waals surface area contributed by atoms with E-state index >= 15 is 0 Å². The minimum absolute atomic E-state index is 0.0355. The van der Waals surface area contributed by atoms with E-state index in [4.69, 9.17) is 5.26 Å². The third kappa shape index (κ3) is 3.00. The molecule has 0 radical (unpaired) electrons. The monoisotopic (exact) mass is 297 g/mol. The van der Waals surface area contributed by atoms with Gasteiger partial charge in [-0.15, -0.1) is 0 Å². The van der Waals surface area contributed by atoms with E-state index in [-0.39, 0.29) is 19.5 Å². The summed E-state index contributed by atoms with van der Waals surface area (Å²) in [6.45, 7) is -0.274. The van der Waals surface area contributed by atoms with Gasteiger partial charge in [0.1, 0.15) is 0 Å². The summed E-state index contributed by atoms with van der Waals surface area (Å²) >= 11 is 0. The van der Waals surface area contributed by atoms with Crippen LogP contribution in [0.3, 0.4) is 0 Å². The van der Waals surface area contributed by atoms with Crippen molar-refractivity contribution in [2.75, 3.05) is 13.1 Å². The van der Waals surface area contributed by atoms with E-state index in [1.165, 1.54) is 6.07 Å². The molecule has 21 heavy (non-hydrogen) atoms. The second kappa shape index (κ2) is 5.74. The van der Waals surface area contributed by atoms with Crippen LogP contribution in [-0.4, -0.2) is 25.2 Å². The summed E-state index contributed by atoms with van der Waals surface area (Å²) in [6, 6.07) is 8.33. The molecule has 1 unspecified atom stereocenters. The fraction of sp³-hybridized carbons (Fsp3) is 0.429. The van der Waals surface area contributed by atoms with Crippen LogP contribution in [0.4, 0.5) is 13.2 Å². The molecule has 1 aromatic rings. The summed E-state index contributed by atoms with van der Waals surface area (Å²) in [7, 11) is 0. The zero-order valence-corrected chi connectivity index (χ0v) is 11.1. The molecule has 0 aliphatic carbocycles. The van der Waals surface area contributed by atoms with Crippen LogP contribution in [0.25, 0.3) is 0 Å². The predicted octanol–water partition coefficient (Wildman–Crippen LogP) is 1.72. The number of hydrogen-bond acceptors (Lipinski definition) is 3. The number of carbonyl (C=O) groups excluding carboxylic acids is 1. The molecule has 2 rings (SSSR count). The summed E-state index contributed by atoms with van der Waals surface area (Å²) in [6.07, 6.45) is -4.85. The molecule has 0 spiro atoms. The van der Waals surface area contributed by atoms with Gasteiger partial charge in [-0.1, -0.05) is 12.1 Å². The molecule has 4 nitrogen and oxygen atoms in total. The van der Waals surface area contributed by atoms with Crippen molar-refractivity contribution in [3.63, 3.8) is 0 Å². The van der Waals surface area contributed by atoms with Crippen LogP contribution < -0.4 is 10.6 Å². The summed E-state index contributed by atoms with van der Waals surface area (Å²) in [5, 5.41) is 13.7. The van der Waals surface area contributed by atoms with Crippen molar-refractivity contribution < 1.29 is 18.0 Å². The highest BCUT2D eigenvalue weighted by atomic mass is 19.4. The van der Waals surface area contributed by atoms with E-state index in [0.717, 1.165) is 0 Å². The van der Waals surface area contributed by atoms with Crippen LogP contribution in [0.15, 0.2) is 24.3 Å². The number of carbonyl (C=O) groups is 1. The van der Waals surface area contributed by atoms with Crippen molar-refractivity contribution in [2.24, 2.45) is 5.41 Å². The quantitative estimate of drug-likeness (QED) is 0.893. The van der Waals surface area contributed by atoms with Gasteiger partial charge in [-0.05, 0) is 30.7 Å². The Morgan fingerprint density at radius 2 is 2.24 bits per heavy atom. The van der Waals surface area contributed by atoms with Crippen molar-refractivity contribution in [3.05, 3.63) is 35.4 Å². The van der Waals surface area contributed by atoms with Gasteiger partial charge in [0.05, 0.1) is 11.6 Å². The van der Waals surface area contributed by atoms with E-state index in [1.54, 1.807) is 18.2 Å². The highest BCUT2D eigenvalue weighted by Crippen LogP contribution is 2.43. The topological polar surface area (TPSA) is 64.9 Å². The number of rotatable bonds is 3. The largest absolute Gasteiger partial charge is 0.404 e. The van der Waals surface area contributed by atoms with Gasteiger partial charge in [0, 0.05) is 13.1 Å². The lowest BCUT2D eigenvalue weighted by Crippen LogP contribution is -2.52. The van der Waals surface area contributed by atoms with E-state index < -0.39 is 24.0 Å². The van der Waals surface area contributed by atoms with Crippen LogP contribution in [0, 0.1) is 16.7 Å². The highest BCUT2D eigenvalue weighted by molar-refractivity contribution is 5.84. The fourth-order valence-electron chi connectivity index (χ4n) is 2.36. The van der Waals surface area contributed by atoms with Crippen LogP contribution >= 0.6 is 0 Å². The van der Waals surface area contributed by atoms with Gasteiger partial charge >= 0.3 is 6.18 Å². The average molecular weight is 297 g/mol. The molecule has 0 bridgehead atoms. The number of nitrogens with zero attached hydrogens (tertiary/aromatic N) is 1. The van der Waals surface area contributed by atoms with Crippen LogP contribution in [0.5, 0.6) is 0 Å². The molecule has 0 aromatic heterocycles. The summed E-state index contributed by atoms with van der Waals surface area (Å²) in [4.78, 5) is 12.0. The number of nitrogens with one attached hydrogen (secondary N) is 2. The fourth-order valence-corrected chi connectivity index (χ4v) is 2.36. The first-order valence-electron chi connectivity index (χ1n) is 6.44. The van der Waals surface area contributed by atoms with Gasteiger partial charge in [-0.2, -0.15) is 18.4 Å². The maximum absolute atomic E-state index is 13.2. The molecule has 112 valence electrons. The number of hydrogen-bond donors (Lipinski definition) is 2. The summed E-state index contributed by atoms with van der Waals surface area (Å²) in [5.41, 5.74) is -1.37. The van der Waals surface area contributed by atoms with E-state index in [1.807, 2.05) is 6.07 Å². The van der Waals surface area contributed by atoms with Crippen molar-refractivity contribution in [1.29, 1.82) is 5.26 Å². The number of nitriles is 1. The molecule has 1 aliphatic heterocycles. The van der Waals surface area contributed by atoms with Gasteiger partial charge in [0.25, 0.3) is 0 Å². The number of amides is 1. The van der Waals surface area contributed by atoms with Crippen LogP contribution in [-0.2, 0) is 11.3 Å². The predicted molar refractivity (Wildman–Crippen MR) is 69.0 cm³/mol. The number of benzene rings is 1. The first kappa shape index (κ1) is 15.3. The summed E-state index contributed by atoms with van der Waals surface area (Å²) in [5.74, 6) is -1.03. The average Bonchev–Trinajstić information content (AvgIpc) is 2.95. The highest BCUT2D eigenvalue weighted by Gasteiger charge is 2.61. The molecule has 7 heteroatoms. The third-order valence-corrected chi connectivity index (χ3v) is 3.64. The molecule has 1 amide bonds. The van der Waals surface area contributed by atoms with Gasteiger partial charge in [0.2, 0.25) is 5.91 Å². The zero-order chi connectivity index (χ0) is 15.5. The number of alkyl halides is 3. The summed E-state index contributed by atoms with van der Waals surface area (Å²) < 4.78 is 39.5. The molecule has 2 N–H and O–H groups in total. The molecular weight excluding hydrogens is 283 g/mol. The molecule has 1 saturated heterocycles. The minimum atomic E-state index is -4.59. The second-order valence-corrected chi connectivity index (χ2v) is 5.00. The molecule has 1 aliphatic rings. The van der Waals surface area contributed by atoms with Crippen molar-refractivity contribution in [2.45, 2.75) is 19.1 Å². The van der Waals surface area contributed by atoms with E-state index in [2.05, 4.69) is 10.6 Å². The minimum Gasteiger partial charge on any atom is -0.351 e. The van der Waals surface area contributed by atoms with E-state index in [0.29, 0.717) is 11.1 Å². The molecule has 1 aromatic carbocycles. The SMILES string of the molecule is N#Cc1cccc(CNC(=O)C2(C(F)(F)F)CCNC2)c1. The maximum atomic E-state index is 13.2. The lowest BCUT2D eigenvalue weighted by molar-refractivity contribution is -0.216. The van der Waals surface area contributed by atoms with Crippen LogP contribution in [0.1, 0.15) is 17.5 Å². The first-order chi connectivity index (χ1) is 9.89. The molecule has 1 fully saturated rings. The Balaban J connectivity index is 2.08. The van der Waals surface area contributed by atoms with Gasteiger partial charge < -0.3 is 10.6 Å². The Kier molecular flexibility index (Phi) is 4.19. The number of halogens is 3. The zero-order valence-electron chi connectivity index (χ0n) is 11.1. The first-order valence-corrected chi connectivity index (χ1v) is 6.44. The Morgan fingerprint density at radius 3 is 2.81 bits per heavy atom. The Labute approximate surface area is 119 Å². The van der Waals surface area contributed by atoms with Gasteiger partial charge in [-0.3, -0.25) is 4.79 Å².